The zero-order chi connectivity index (χ0) is 13.9. The van der Waals surface area contributed by atoms with Crippen LogP contribution in [0.1, 0.15) is 58.8 Å². The molecule has 2 fully saturated rings. The first-order chi connectivity index (χ1) is 9.16. The van der Waals surface area contributed by atoms with E-state index in [1.54, 1.807) is 0 Å². The minimum Gasteiger partial charge on any atom is -0.342 e. The van der Waals surface area contributed by atoms with Crippen molar-refractivity contribution in [3.8, 4) is 0 Å². The normalized spacial score (nSPS) is 28.1. The van der Waals surface area contributed by atoms with Gasteiger partial charge in [-0.1, -0.05) is 33.1 Å². The predicted molar refractivity (Wildman–Crippen MR) is 78.7 cm³/mol. The summed E-state index contributed by atoms with van der Waals surface area (Å²) in [5.74, 6) is 1.97. The van der Waals surface area contributed by atoms with Crippen molar-refractivity contribution in [3.05, 3.63) is 0 Å². The third kappa shape index (κ3) is 2.81. The molecule has 2 rings (SSSR count). The SMILES string of the molecule is CCC(CC)(CN)C(=O)N1CCC2CCCCC2C1. The van der Waals surface area contributed by atoms with E-state index in [2.05, 4.69) is 18.7 Å². The molecule has 2 N–H and O–H groups in total. The van der Waals surface area contributed by atoms with Crippen molar-refractivity contribution in [2.45, 2.75) is 58.8 Å². The first-order valence-corrected chi connectivity index (χ1v) is 8.16. The summed E-state index contributed by atoms with van der Waals surface area (Å²) in [7, 11) is 0. The Morgan fingerprint density at radius 3 is 2.37 bits per heavy atom. The number of hydrogen-bond donors (Lipinski definition) is 1. The van der Waals surface area contributed by atoms with E-state index >= 15 is 0 Å². The van der Waals surface area contributed by atoms with E-state index in [1.807, 2.05) is 0 Å². The summed E-state index contributed by atoms with van der Waals surface area (Å²) < 4.78 is 0. The third-order valence-electron chi connectivity index (χ3n) is 5.78. The van der Waals surface area contributed by atoms with Crippen molar-refractivity contribution in [1.29, 1.82) is 0 Å². The lowest BCUT2D eigenvalue weighted by Gasteiger charge is -2.44. The van der Waals surface area contributed by atoms with Crippen molar-refractivity contribution in [2.75, 3.05) is 19.6 Å². The highest BCUT2D eigenvalue weighted by atomic mass is 16.2. The molecule has 0 aromatic rings. The first-order valence-electron chi connectivity index (χ1n) is 8.16. The van der Waals surface area contributed by atoms with E-state index in [0.29, 0.717) is 12.5 Å². The first kappa shape index (κ1) is 14.8. The maximum atomic E-state index is 12.8. The second-order valence-corrected chi connectivity index (χ2v) is 6.54. The van der Waals surface area contributed by atoms with Gasteiger partial charge in [-0.25, -0.2) is 0 Å². The van der Waals surface area contributed by atoms with Crippen LogP contribution in [0.25, 0.3) is 0 Å². The molecule has 3 nitrogen and oxygen atoms in total. The van der Waals surface area contributed by atoms with Gasteiger partial charge in [0.25, 0.3) is 0 Å². The second-order valence-electron chi connectivity index (χ2n) is 6.54. The molecule has 2 aliphatic rings. The van der Waals surface area contributed by atoms with E-state index in [0.717, 1.165) is 37.8 Å². The summed E-state index contributed by atoms with van der Waals surface area (Å²) >= 11 is 0. The Labute approximate surface area is 117 Å². The molecule has 0 spiro atoms. The number of carbonyl (C=O) groups excluding carboxylic acids is 1. The average molecular weight is 266 g/mol. The Bertz CT molecular complexity index is 304. The van der Waals surface area contributed by atoms with Crippen molar-refractivity contribution >= 4 is 5.91 Å². The topological polar surface area (TPSA) is 46.3 Å². The van der Waals surface area contributed by atoms with Crippen molar-refractivity contribution in [1.82, 2.24) is 4.90 Å². The minimum atomic E-state index is -0.304. The molecule has 2 unspecified atom stereocenters. The minimum absolute atomic E-state index is 0.304. The quantitative estimate of drug-likeness (QED) is 0.850. The Balaban J connectivity index is 2.03. The molecule has 0 aromatic carbocycles. The highest BCUT2D eigenvalue weighted by Crippen LogP contribution is 2.38. The molecule has 1 heterocycles. The van der Waals surface area contributed by atoms with Gasteiger partial charge in [-0.15, -0.1) is 0 Å². The van der Waals surface area contributed by atoms with E-state index < -0.39 is 0 Å². The molecule has 19 heavy (non-hydrogen) atoms. The number of carbonyl (C=O) groups is 1. The summed E-state index contributed by atoms with van der Waals surface area (Å²) in [5, 5.41) is 0. The second kappa shape index (κ2) is 6.25. The Hall–Kier alpha value is -0.570. The number of nitrogens with zero attached hydrogens (tertiary/aromatic N) is 1. The van der Waals surface area contributed by atoms with Crippen LogP contribution in [0.5, 0.6) is 0 Å². The average Bonchev–Trinajstić information content (AvgIpc) is 2.49. The summed E-state index contributed by atoms with van der Waals surface area (Å²) in [6.07, 6.45) is 8.40. The zero-order valence-corrected chi connectivity index (χ0v) is 12.7. The number of hydrogen-bond acceptors (Lipinski definition) is 2. The van der Waals surface area contributed by atoms with Crippen molar-refractivity contribution < 1.29 is 4.79 Å². The van der Waals surface area contributed by atoms with Crippen LogP contribution >= 0.6 is 0 Å². The molecule has 1 saturated carbocycles. The fraction of sp³-hybridized carbons (Fsp3) is 0.938. The highest BCUT2D eigenvalue weighted by Gasteiger charge is 2.40. The molecule has 110 valence electrons. The van der Waals surface area contributed by atoms with E-state index in [9.17, 15) is 4.79 Å². The number of piperidine rings is 1. The van der Waals surface area contributed by atoms with Gasteiger partial charge >= 0.3 is 0 Å². The van der Waals surface area contributed by atoms with E-state index in [4.69, 9.17) is 5.73 Å². The van der Waals surface area contributed by atoms with Crippen molar-refractivity contribution in [3.63, 3.8) is 0 Å². The third-order valence-corrected chi connectivity index (χ3v) is 5.78. The van der Waals surface area contributed by atoms with Gasteiger partial charge in [0.15, 0.2) is 0 Å². The van der Waals surface area contributed by atoms with Gasteiger partial charge in [0.2, 0.25) is 5.91 Å². The fourth-order valence-corrected chi connectivity index (χ4v) is 4.05. The molecule has 1 saturated heterocycles. The molecule has 2 atom stereocenters. The summed E-state index contributed by atoms with van der Waals surface area (Å²) in [6.45, 7) is 6.64. The molecular formula is C16H30N2O. The van der Waals surface area contributed by atoms with Gasteiger partial charge < -0.3 is 10.6 Å². The molecule has 0 aromatic heterocycles. The van der Waals surface area contributed by atoms with E-state index in [1.165, 1.54) is 32.1 Å². The molecule has 1 aliphatic heterocycles. The molecule has 1 amide bonds. The van der Waals surface area contributed by atoms with Gasteiger partial charge in [0, 0.05) is 19.6 Å². The standard InChI is InChI=1S/C16H30N2O/c1-3-16(4-2,12-17)15(19)18-10-9-13-7-5-6-8-14(13)11-18/h13-14H,3-12,17H2,1-2H3. The largest absolute Gasteiger partial charge is 0.342 e. The molecule has 1 aliphatic carbocycles. The van der Waals surface area contributed by atoms with Crippen LogP contribution in [0.15, 0.2) is 0 Å². The number of likely N-dealkylation sites (tertiary alicyclic amines) is 1. The maximum absolute atomic E-state index is 12.8. The van der Waals surface area contributed by atoms with Crippen LogP contribution in [-0.4, -0.2) is 30.4 Å². The lowest BCUT2D eigenvalue weighted by molar-refractivity contribution is -0.145. The van der Waals surface area contributed by atoms with Crippen LogP contribution in [-0.2, 0) is 4.79 Å². The Morgan fingerprint density at radius 2 is 1.79 bits per heavy atom. The smallest absolute Gasteiger partial charge is 0.230 e. The van der Waals surface area contributed by atoms with E-state index in [-0.39, 0.29) is 5.41 Å². The molecule has 0 bridgehead atoms. The summed E-state index contributed by atoms with van der Waals surface area (Å²) in [5.41, 5.74) is 5.62. The molecule has 0 radical (unpaired) electrons. The summed E-state index contributed by atoms with van der Waals surface area (Å²) in [6, 6.07) is 0. The number of amides is 1. The van der Waals surface area contributed by atoms with Crippen LogP contribution in [0, 0.1) is 17.3 Å². The molecule has 3 heteroatoms. The Morgan fingerprint density at radius 1 is 1.16 bits per heavy atom. The molecular weight excluding hydrogens is 236 g/mol. The van der Waals surface area contributed by atoms with Gasteiger partial charge in [-0.3, -0.25) is 4.79 Å². The number of rotatable bonds is 4. The summed E-state index contributed by atoms with van der Waals surface area (Å²) in [4.78, 5) is 15.0. The fourth-order valence-electron chi connectivity index (χ4n) is 4.05. The lowest BCUT2D eigenvalue weighted by Crippen LogP contribution is -2.52. The van der Waals surface area contributed by atoms with Crippen LogP contribution in [0.4, 0.5) is 0 Å². The Kier molecular flexibility index (Phi) is 4.88. The zero-order valence-electron chi connectivity index (χ0n) is 12.7. The predicted octanol–water partition coefficient (Wildman–Crippen LogP) is 2.79. The maximum Gasteiger partial charge on any atom is 0.230 e. The van der Waals surface area contributed by atoms with Gasteiger partial charge in [-0.05, 0) is 37.5 Å². The van der Waals surface area contributed by atoms with Gasteiger partial charge in [0.1, 0.15) is 0 Å². The lowest BCUT2D eigenvalue weighted by atomic mass is 9.74. The van der Waals surface area contributed by atoms with Crippen molar-refractivity contribution in [2.24, 2.45) is 23.0 Å². The van der Waals surface area contributed by atoms with Crippen LogP contribution in [0.3, 0.4) is 0 Å². The van der Waals surface area contributed by atoms with Crippen LogP contribution < -0.4 is 5.73 Å². The van der Waals surface area contributed by atoms with Gasteiger partial charge in [-0.2, -0.15) is 0 Å². The monoisotopic (exact) mass is 266 g/mol. The number of nitrogens with two attached hydrogens (primary N) is 1. The van der Waals surface area contributed by atoms with Gasteiger partial charge in [0.05, 0.1) is 5.41 Å². The highest BCUT2D eigenvalue weighted by molar-refractivity contribution is 5.83. The van der Waals surface area contributed by atoms with Crippen LogP contribution in [0.2, 0.25) is 0 Å². The number of fused-ring (bicyclic) bond motifs is 1.